The topological polar surface area (TPSA) is 64.1 Å². The summed E-state index contributed by atoms with van der Waals surface area (Å²) in [6, 6.07) is 1.67. The first-order chi connectivity index (χ1) is 5.29. The van der Waals surface area contributed by atoms with Crippen LogP contribution in [0, 0.1) is 0 Å². The normalized spacial score (nSPS) is 8.82. The number of nitrogens with one attached hydrogen (secondary N) is 1. The Morgan fingerprint density at radius 2 is 2.18 bits per heavy atom. The summed E-state index contributed by atoms with van der Waals surface area (Å²) >= 11 is 0. The van der Waals surface area contributed by atoms with Gasteiger partial charge in [0.15, 0.2) is 0 Å². The van der Waals surface area contributed by atoms with Crippen LogP contribution in [-0.2, 0) is 9.63 Å². The van der Waals surface area contributed by atoms with Gasteiger partial charge in [-0.25, -0.2) is 9.97 Å². The molecule has 0 bridgehead atoms. The van der Waals surface area contributed by atoms with Crippen LogP contribution in [0.15, 0.2) is 18.5 Å². The summed E-state index contributed by atoms with van der Waals surface area (Å²) in [5.74, 6) is -0.167. The van der Waals surface area contributed by atoms with Crippen LogP contribution in [0.1, 0.15) is 6.92 Å². The molecular formula is C6H7N3O2. The molecule has 0 aliphatic heterocycles. The molecule has 0 amide bonds. The number of carbonyl (C=O) groups is 1. The van der Waals surface area contributed by atoms with Crippen molar-refractivity contribution in [3.05, 3.63) is 18.5 Å². The number of hydrogen-bond donors (Lipinski definition) is 1. The van der Waals surface area contributed by atoms with E-state index in [1.54, 1.807) is 18.5 Å². The van der Waals surface area contributed by atoms with Crippen molar-refractivity contribution in [1.82, 2.24) is 9.97 Å². The van der Waals surface area contributed by atoms with Crippen LogP contribution in [0.5, 0.6) is 0 Å². The zero-order valence-corrected chi connectivity index (χ0v) is 5.94. The van der Waals surface area contributed by atoms with Crippen LogP contribution in [-0.4, -0.2) is 15.9 Å². The largest absolute Gasteiger partial charge is 0.341 e. The third-order valence-corrected chi connectivity index (χ3v) is 0.852. The van der Waals surface area contributed by atoms with Crippen molar-refractivity contribution >= 4 is 11.9 Å². The van der Waals surface area contributed by atoms with Crippen molar-refractivity contribution in [2.45, 2.75) is 6.92 Å². The van der Waals surface area contributed by atoms with E-state index in [1.807, 2.05) is 0 Å². The molecule has 0 atom stereocenters. The number of hydrogen-bond acceptors (Lipinski definition) is 5. The molecule has 11 heavy (non-hydrogen) atoms. The fourth-order valence-corrected chi connectivity index (χ4v) is 0.469. The second kappa shape index (κ2) is 3.50. The minimum Gasteiger partial charge on any atom is -0.341 e. The molecule has 0 fully saturated rings. The standard InChI is InChI=1S/C6H7N3O2/c1-5(10)11-9-6-7-3-2-4-8-6/h2-4H,1H3,(H,7,8,9). The zero-order valence-electron chi connectivity index (χ0n) is 5.94. The van der Waals surface area contributed by atoms with E-state index < -0.39 is 5.97 Å². The van der Waals surface area contributed by atoms with E-state index in [2.05, 4.69) is 20.3 Å². The van der Waals surface area contributed by atoms with Gasteiger partial charge in [-0.1, -0.05) is 0 Å². The molecule has 5 heteroatoms. The van der Waals surface area contributed by atoms with E-state index in [0.717, 1.165) is 0 Å². The SMILES string of the molecule is CC(=O)ONc1ncccn1. The molecule has 0 aliphatic rings. The van der Waals surface area contributed by atoms with Crippen LogP contribution >= 0.6 is 0 Å². The Morgan fingerprint density at radius 1 is 1.55 bits per heavy atom. The Bertz CT molecular complexity index is 237. The Hall–Kier alpha value is -1.65. The van der Waals surface area contributed by atoms with Crippen LogP contribution < -0.4 is 5.48 Å². The highest BCUT2D eigenvalue weighted by molar-refractivity contribution is 5.66. The first-order valence-corrected chi connectivity index (χ1v) is 2.99. The van der Waals surface area contributed by atoms with Crippen molar-refractivity contribution < 1.29 is 9.63 Å². The van der Waals surface area contributed by atoms with E-state index in [-0.39, 0.29) is 5.95 Å². The molecule has 0 unspecified atom stereocenters. The maximum atomic E-state index is 10.3. The monoisotopic (exact) mass is 153 g/mol. The summed E-state index contributed by atoms with van der Waals surface area (Å²) in [7, 11) is 0. The Balaban J connectivity index is 2.45. The molecule has 1 aromatic rings. The van der Waals surface area contributed by atoms with Gasteiger partial charge in [0, 0.05) is 19.3 Å². The number of anilines is 1. The van der Waals surface area contributed by atoms with E-state index >= 15 is 0 Å². The first-order valence-electron chi connectivity index (χ1n) is 2.99. The fourth-order valence-electron chi connectivity index (χ4n) is 0.469. The number of aromatic nitrogens is 2. The molecule has 1 heterocycles. The molecule has 0 aromatic carbocycles. The van der Waals surface area contributed by atoms with Gasteiger partial charge in [0.25, 0.3) is 5.95 Å². The van der Waals surface area contributed by atoms with Crippen molar-refractivity contribution in [3.63, 3.8) is 0 Å². The second-order valence-corrected chi connectivity index (χ2v) is 1.77. The number of nitrogens with zero attached hydrogens (tertiary/aromatic N) is 2. The lowest BCUT2D eigenvalue weighted by atomic mass is 10.7. The molecule has 0 radical (unpaired) electrons. The predicted molar refractivity (Wildman–Crippen MR) is 37.4 cm³/mol. The third-order valence-electron chi connectivity index (χ3n) is 0.852. The summed E-state index contributed by atoms with van der Waals surface area (Å²) < 4.78 is 0. The third kappa shape index (κ3) is 2.61. The lowest BCUT2D eigenvalue weighted by Gasteiger charge is -2.00. The van der Waals surface area contributed by atoms with Crippen LogP contribution in [0.25, 0.3) is 0 Å². The lowest BCUT2D eigenvalue weighted by Crippen LogP contribution is -2.08. The van der Waals surface area contributed by atoms with Gasteiger partial charge in [-0.3, -0.25) is 4.79 Å². The van der Waals surface area contributed by atoms with Gasteiger partial charge in [-0.15, -0.1) is 0 Å². The van der Waals surface area contributed by atoms with Crippen molar-refractivity contribution in [1.29, 1.82) is 0 Å². The molecule has 0 aliphatic carbocycles. The highest BCUT2D eigenvalue weighted by Crippen LogP contribution is 1.92. The highest BCUT2D eigenvalue weighted by atomic mass is 16.7. The van der Waals surface area contributed by atoms with E-state index in [0.29, 0.717) is 0 Å². The summed E-state index contributed by atoms with van der Waals surface area (Å²) in [5, 5.41) is 0. The molecule has 58 valence electrons. The minimum atomic E-state index is -0.433. The molecule has 1 N–H and O–H groups in total. The maximum Gasteiger partial charge on any atom is 0.329 e. The fraction of sp³-hybridized carbons (Fsp3) is 0.167. The zero-order chi connectivity index (χ0) is 8.10. The van der Waals surface area contributed by atoms with E-state index in [9.17, 15) is 4.79 Å². The smallest absolute Gasteiger partial charge is 0.329 e. The Morgan fingerprint density at radius 3 is 2.73 bits per heavy atom. The number of rotatable bonds is 2. The molecule has 5 nitrogen and oxygen atoms in total. The Labute approximate surface area is 63.4 Å². The minimum absolute atomic E-state index is 0.266. The molecule has 0 spiro atoms. The Kier molecular flexibility index (Phi) is 2.37. The van der Waals surface area contributed by atoms with Gasteiger partial charge in [-0.2, -0.15) is 5.48 Å². The van der Waals surface area contributed by atoms with Gasteiger partial charge in [0.2, 0.25) is 0 Å². The van der Waals surface area contributed by atoms with E-state index in [1.165, 1.54) is 6.92 Å². The summed E-state index contributed by atoms with van der Waals surface area (Å²) in [4.78, 5) is 22.2. The average Bonchev–Trinajstić information content (AvgIpc) is 2.03. The van der Waals surface area contributed by atoms with Crippen molar-refractivity contribution in [2.75, 3.05) is 5.48 Å². The highest BCUT2D eigenvalue weighted by Gasteiger charge is 1.94. The predicted octanol–water partition coefficient (Wildman–Crippen LogP) is 0.367. The maximum absolute atomic E-state index is 10.3. The van der Waals surface area contributed by atoms with Crippen molar-refractivity contribution in [2.24, 2.45) is 0 Å². The molecule has 0 saturated heterocycles. The average molecular weight is 153 g/mol. The molecular weight excluding hydrogens is 146 g/mol. The van der Waals surface area contributed by atoms with E-state index in [4.69, 9.17) is 0 Å². The van der Waals surface area contributed by atoms with Crippen LogP contribution in [0.3, 0.4) is 0 Å². The lowest BCUT2D eigenvalue weighted by molar-refractivity contribution is -0.138. The van der Waals surface area contributed by atoms with Crippen LogP contribution in [0.4, 0.5) is 5.95 Å². The number of carbonyl (C=O) groups excluding carboxylic acids is 1. The summed E-state index contributed by atoms with van der Waals surface area (Å²) in [6.45, 7) is 1.29. The van der Waals surface area contributed by atoms with Crippen LogP contribution in [0.2, 0.25) is 0 Å². The quantitative estimate of drug-likeness (QED) is 0.622. The molecule has 1 aromatic heterocycles. The summed E-state index contributed by atoms with van der Waals surface area (Å²) in [6.07, 6.45) is 3.08. The summed E-state index contributed by atoms with van der Waals surface area (Å²) in [5.41, 5.74) is 2.27. The molecule has 0 saturated carbocycles. The van der Waals surface area contributed by atoms with Gasteiger partial charge in [-0.05, 0) is 6.07 Å². The first kappa shape index (κ1) is 7.46. The van der Waals surface area contributed by atoms with Gasteiger partial charge >= 0.3 is 5.97 Å². The van der Waals surface area contributed by atoms with Gasteiger partial charge in [0.05, 0.1) is 0 Å². The molecule has 1 rings (SSSR count). The van der Waals surface area contributed by atoms with Gasteiger partial charge < -0.3 is 4.84 Å². The van der Waals surface area contributed by atoms with Crippen molar-refractivity contribution in [3.8, 4) is 0 Å². The second-order valence-electron chi connectivity index (χ2n) is 1.77. The van der Waals surface area contributed by atoms with Gasteiger partial charge in [0.1, 0.15) is 0 Å².